The minimum absolute atomic E-state index is 0.101. The lowest BCUT2D eigenvalue weighted by Crippen LogP contribution is -2.36. The monoisotopic (exact) mass is 464 g/mol. The van der Waals surface area contributed by atoms with Gasteiger partial charge in [-0.2, -0.15) is 0 Å². The quantitative estimate of drug-likeness (QED) is 0.382. The maximum atomic E-state index is 13.4. The number of carbonyl (C=O) groups excluding carboxylic acids is 1. The summed E-state index contributed by atoms with van der Waals surface area (Å²) < 4.78 is 15.4. The summed E-state index contributed by atoms with van der Waals surface area (Å²) in [5.41, 5.74) is 3.14. The minimum Gasteiger partial charge on any atom is -0.337 e. The highest BCUT2D eigenvalue weighted by Gasteiger charge is 2.23. The molecule has 0 spiro atoms. The van der Waals surface area contributed by atoms with Crippen molar-refractivity contribution in [2.45, 2.75) is 24.7 Å². The predicted octanol–water partition coefficient (Wildman–Crippen LogP) is 4.87. The highest BCUT2D eigenvalue weighted by Crippen LogP contribution is 2.28. The summed E-state index contributed by atoms with van der Waals surface area (Å²) in [6, 6.07) is 18.4. The molecule has 4 aromatic rings. The SMILES string of the molecule is O=C(CSc1nnc(-c2ccc(F)cc2)n1Cc1ccccc1)N1CCc2sccc2C1. The molecule has 2 aromatic carbocycles. The summed E-state index contributed by atoms with van der Waals surface area (Å²) in [5, 5.41) is 11.5. The van der Waals surface area contributed by atoms with Crippen molar-refractivity contribution in [3.63, 3.8) is 0 Å². The first-order valence-corrected chi connectivity index (χ1v) is 12.2. The number of nitrogens with zero attached hydrogens (tertiary/aromatic N) is 4. The van der Waals surface area contributed by atoms with Crippen LogP contribution < -0.4 is 0 Å². The van der Waals surface area contributed by atoms with Gasteiger partial charge in [-0.25, -0.2) is 4.39 Å². The molecule has 0 radical (unpaired) electrons. The summed E-state index contributed by atoms with van der Waals surface area (Å²) in [6.45, 7) is 2.00. The summed E-state index contributed by atoms with van der Waals surface area (Å²) in [7, 11) is 0. The van der Waals surface area contributed by atoms with Crippen LogP contribution in [0.4, 0.5) is 4.39 Å². The Labute approximate surface area is 193 Å². The second-order valence-electron chi connectivity index (χ2n) is 7.61. The van der Waals surface area contributed by atoms with E-state index in [0.29, 0.717) is 29.8 Å². The fourth-order valence-corrected chi connectivity index (χ4v) is 5.53. The van der Waals surface area contributed by atoms with Crippen LogP contribution in [0.15, 0.2) is 71.2 Å². The van der Waals surface area contributed by atoms with E-state index in [-0.39, 0.29) is 11.7 Å². The maximum absolute atomic E-state index is 13.4. The molecule has 0 bridgehead atoms. The predicted molar refractivity (Wildman–Crippen MR) is 125 cm³/mol. The Morgan fingerprint density at radius 3 is 2.69 bits per heavy atom. The van der Waals surface area contributed by atoms with E-state index in [1.165, 1.54) is 34.3 Å². The first kappa shape index (κ1) is 20.9. The topological polar surface area (TPSA) is 51.0 Å². The van der Waals surface area contributed by atoms with Crippen LogP contribution in [0.3, 0.4) is 0 Å². The summed E-state index contributed by atoms with van der Waals surface area (Å²) in [4.78, 5) is 16.2. The normalized spacial score (nSPS) is 13.2. The van der Waals surface area contributed by atoms with Gasteiger partial charge in [-0.1, -0.05) is 42.1 Å². The Morgan fingerprint density at radius 2 is 1.88 bits per heavy atom. The molecule has 3 heterocycles. The fraction of sp³-hybridized carbons (Fsp3) is 0.208. The Morgan fingerprint density at radius 1 is 1.06 bits per heavy atom. The Bertz CT molecular complexity index is 1220. The van der Waals surface area contributed by atoms with Gasteiger partial charge < -0.3 is 4.90 Å². The first-order chi connectivity index (χ1) is 15.7. The van der Waals surface area contributed by atoms with E-state index in [0.717, 1.165) is 24.1 Å². The Balaban J connectivity index is 1.36. The smallest absolute Gasteiger partial charge is 0.233 e. The average molecular weight is 465 g/mol. The largest absolute Gasteiger partial charge is 0.337 e. The number of amides is 1. The highest BCUT2D eigenvalue weighted by atomic mass is 32.2. The molecule has 1 aliphatic rings. The van der Waals surface area contributed by atoms with Gasteiger partial charge in [-0.05, 0) is 53.3 Å². The summed E-state index contributed by atoms with van der Waals surface area (Å²) >= 11 is 3.16. The lowest BCUT2D eigenvalue weighted by Gasteiger charge is -2.26. The summed E-state index contributed by atoms with van der Waals surface area (Å²) in [5.74, 6) is 0.767. The van der Waals surface area contributed by atoms with Crippen molar-refractivity contribution < 1.29 is 9.18 Å². The van der Waals surface area contributed by atoms with Gasteiger partial charge in [0.15, 0.2) is 11.0 Å². The van der Waals surface area contributed by atoms with Crippen LogP contribution >= 0.6 is 23.1 Å². The molecule has 0 unspecified atom stereocenters. The number of hydrogen-bond acceptors (Lipinski definition) is 5. The van der Waals surface area contributed by atoms with Crippen molar-refractivity contribution in [3.8, 4) is 11.4 Å². The molecule has 0 atom stereocenters. The van der Waals surface area contributed by atoms with E-state index < -0.39 is 0 Å². The molecule has 5 rings (SSSR count). The van der Waals surface area contributed by atoms with E-state index in [9.17, 15) is 9.18 Å². The zero-order chi connectivity index (χ0) is 21.9. The van der Waals surface area contributed by atoms with Gasteiger partial charge in [0, 0.05) is 23.5 Å². The number of thiophene rings is 1. The van der Waals surface area contributed by atoms with Crippen molar-refractivity contribution >= 4 is 29.0 Å². The van der Waals surface area contributed by atoms with E-state index in [4.69, 9.17) is 0 Å². The van der Waals surface area contributed by atoms with Crippen LogP contribution in [-0.2, 0) is 24.3 Å². The highest BCUT2D eigenvalue weighted by molar-refractivity contribution is 7.99. The average Bonchev–Trinajstić information content (AvgIpc) is 3.45. The van der Waals surface area contributed by atoms with Gasteiger partial charge in [0.1, 0.15) is 5.82 Å². The zero-order valence-corrected chi connectivity index (χ0v) is 18.9. The van der Waals surface area contributed by atoms with Crippen LogP contribution in [0.1, 0.15) is 16.0 Å². The molecule has 5 nitrogen and oxygen atoms in total. The van der Waals surface area contributed by atoms with Gasteiger partial charge in [-0.3, -0.25) is 9.36 Å². The molecule has 0 N–H and O–H groups in total. The van der Waals surface area contributed by atoms with Crippen LogP contribution in [0.25, 0.3) is 11.4 Å². The van der Waals surface area contributed by atoms with E-state index in [1.54, 1.807) is 23.5 Å². The standard InChI is InChI=1S/C24H21FN4OS2/c25-20-8-6-18(7-9-20)23-26-27-24(29(23)14-17-4-2-1-3-5-17)32-16-22(30)28-12-10-21-19(15-28)11-13-31-21/h1-9,11,13H,10,12,14-16H2. The molecule has 1 aliphatic heterocycles. The fourth-order valence-electron chi connectivity index (χ4n) is 3.80. The molecule has 0 fully saturated rings. The van der Waals surface area contributed by atoms with Crippen LogP contribution in [0, 0.1) is 5.82 Å². The van der Waals surface area contributed by atoms with Crippen molar-refractivity contribution in [2.75, 3.05) is 12.3 Å². The van der Waals surface area contributed by atoms with Gasteiger partial charge in [0.25, 0.3) is 0 Å². The van der Waals surface area contributed by atoms with Crippen LogP contribution in [-0.4, -0.2) is 37.9 Å². The van der Waals surface area contributed by atoms with Crippen molar-refractivity contribution in [3.05, 3.63) is 87.9 Å². The number of aromatic nitrogens is 3. The number of halogens is 1. The molecule has 162 valence electrons. The van der Waals surface area contributed by atoms with Gasteiger partial charge >= 0.3 is 0 Å². The molecule has 32 heavy (non-hydrogen) atoms. The third kappa shape index (κ3) is 4.47. The van der Waals surface area contributed by atoms with E-state index in [1.807, 2.05) is 39.8 Å². The molecule has 2 aromatic heterocycles. The number of fused-ring (bicyclic) bond motifs is 1. The maximum Gasteiger partial charge on any atom is 0.233 e. The molecule has 0 aliphatic carbocycles. The van der Waals surface area contributed by atoms with Gasteiger partial charge in [0.05, 0.1) is 12.3 Å². The number of benzene rings is 2. The van der Waals surface area contributed by atoms with Crippen molar-refractivity contribution in [2.24, 2.45) is 0 Å². The lowest BCUT2D eigenvalue weighted by atomic mass is 10.1. The first-order valence-electron chi connectivity index (χ1n) is 10.4. The third-order valence-electron chi connectivity index (χ3n) is 5.49. The van der Waals surface area contributed by atoms with Gasteiger partial charge in [0.2, 0.25) is 5.91 Å². The minimum atomic E-state index is -0.293. The molecular weight excluding hydrogens is 443 g/mol. The number of thioether (sulfide) groups is 1. The summed E-state index contributed by atoms with van der Waals surface area (Å²) in [6.07, 6.45) is 0.919. The molecular formula is C24H21FN4OS2. The molecule has 0 saturated carbocycles. The molecule has 8 heteroatoms. The second-order valence-corrected chi connectivity index (χ2v) is 9.55. The van der Waals surface area contributed by atoms with E-state index >= 15 is 0 Å². The Kier molecular flexibility index (Phi) is 6.05. The zero-order valence-electron chi connectivity index (χ0n) is 17.3. The van der Waals surface area contributed by atoms with Crippen molar-refractivity contribution in [1.29, 1.82) is 0 Å². The third-order valence-corrected chi connectivity index (χ3v) is 7.46. The lowest BCUT2D eigenvalue weighted by molar-refractivity contribution is -0.129. The van der Waals surface area contributed by atoms with Crippen LogP contribution in [0.2, 0.25) is 0 Å². The molecule has 0 saturated heterocycles. The molecule has 1 amide bonds. The second kappa shape index (κ2) is 9.26. The van der Waals surface area contributed by atoms with Crippen LogP contribution in [0.5, 0.6) is 0 Å². The van der Waals surface area contributed by atoms with E-state index in [2.05, 4.69) is 21.6 Å². The van der Waals surface area contributed by atoms with Crippen molar-refractivity contribution in [1.82, 2.24) is 19.7 Å². The number of carbonyl (C=O) groups is 1. The Hall–Kier alpha value is -2.97. The number of hydrogen-bond donors (Lipinski definition) is 0. The van der Waals surface area contributed by atoms with Gasteiger partial charge in [-0.15, -0.1) is 21.5 Å². The number of rotatable bonds is 6.